The van der Waals surface area contributed by atoms with Crippen LogP contribution in [0, 0.1) is 5.92 Å². The molecule has 0 unspecified atom stereocenters. The predicted molar refractivity (Wildman–Crippen MR) is 141 cm³/mol. The van der Waals surface area contributed by atoms with E-state index in [-0.39, 0.29) is 13.2 Å². The molecule has 0 amide bonds. The van der Waals surface area contributed by atoms with Crippen molar-refractivity contribution in [3.63, 3.8) is 0 Å². The first-order valence-corrected chi connectivity index (χ1v) is 12.7. The second-order valence-electron chi connectivity index (χ2n) is 9.10. The van der Waals surface area contributed by atoms with Gasteiger partial charge in [-0.2, -0.15) is 0 Å². The summed E-state index contributed by atoms with van der Waals surface area (Å²) < 4.78 is 22.0. The Labute approximate surface area is 222 Å². The number of benzene rings is 2. The Bertz CT molecular complexity index is 1310. The fourth-order valence-corrected chi connectivity index (χ4v) is 5.50. The Hall–Kier alpha value is -4.07. The van der Waals surface area contributed by atoms with E-state index in [9.17, 15) is 14.4 Å². The van der Waals surface area contributed by atoms with Crippen LogP contribution in [-0.2, 0) is 23.9 Å². The molecule has 4 rings (SSSR count). The third-order valence-corrected chi connectivity index (χ3v) is 7.04. The van der Waals surface area contributed by atoms with E-state index in [1.54, 1.807) is 33.9 Å². The number of esters is 2. The second kappa shape index (κ2) is 11.5. The summed E-state index contributed by atoms with van der Waals surface area (Å²) in [6.45, 7) is 5.54. The van der Waals surface area contributed by atoms with Gasteiger partial charge in [-0.1, -0.05) is 36.4 Å². The number of carbonyl (C=O) groups excluding carboxylic acids is 3. The first-order chi connectivity index (χ1) is 18.4. The number of hydrogen-bond acceptors (Lipinski definition) is 8. The lowest BCUT2D eigenvalue weighted by molar-refractivity contribution is -0.152. The molecule has 1 heterocycles. The number of nitrogens with one attached hydrogen (secondary N) is 1. The number of allylic oxidation sites excluding steroid dienone is 3. The highest BCUT2D eigenvalue weighted by molar-refractivity contribution is 6.13. The number of rotatable bonds is 8. The molecule has 1 aliphatic heterocycles. The molecule has 2 aromatic carbocycles. The molecule has 0 spiro atoms. The van der Waals surface area contributed by atoms with Gasteiger partial charge in [0, 0.05) is 28.4 Å². The topological polar surface area (TPSA) is 100 Å². The number of hydrogen-bond donors (Lipinski definition) is 1. The van der Waals surface area contributed by atoms with Gasteiger partial charge in [0.2, 0.25) is 0 Å². The summed E-state index contributed by atoms with van der Waals surface area (Å²) >= 11 is 0. The van der Waals surface area contributed by atoms with Gasteiger partial charge >= 0.3 is 11.9 Å². The summed E-state index contributed by atoms with van der Waals surface area (Å²) in [5.41, 5.74) is 3.25. The van der Waals surface area contributed by atoms with Crippen LogP contribution in [0.2, 0.25) is 0 Å². The van der Waals surface area contributed by atoms with Crippen molar-refractivity contribution in [1.82, 2.24) is 5.32 Å². The van der Waals surface area contributed by atoms with Crippen molar-refractivity contribution in [3.8, 4) is 11.5 Å². The molecule has 1 N–H and O–H groups in total. The summed E-state index contributed by atoms with van der Waals surface area (Å²) in [5.74, 6) is -2.88. The zero-order valence-corrected chi connectivity index (χ0v) is 22.3. The lowest BCUT2D eigenvalue weighted by atomic mass is 9.67. The monoisotopic (exact) mass is 519 g/mol. The number of dihydropyridines is 1. The molecule has 0 bridgehead atoms. The van der Waals surface area contributed by atoms with E-state index in [4.69, 9.17) is 18.9 Å². The average Bonchev–Trinajstić information content (AvgIpc) is 2.92. The van der Waals surface area contributed by atoms with Crippen LogP contribution in [0.25, 0.3) is 0 Å². The quantitative estimate of drug-likeness (QED) is 0.404. The summed E-state index contributed by atoms with van der Waals surface area (Å²) in [4.78, 5) is 41.0. The van der Waals surface area contributed by atoms with Crippen LogP contribution >= 0.6 is 0 Å². The Morgan fingerprint density at radius 3 is 2.08 bits per heavy atom. The van der Waals surface area contributed by atoms with E-state index >= 15 is 0 Å². The summed E-state index contributed by atoms with van der Waals surface area (Å²) in [6.07, 6.45) is 0.337. The third kappa shape index (κ3) is 4.78. The molecule has 0 aromatic heterocycles. The van der Waals surface area contributed by atoms with Crippen LogP contribution in [-0.4, -0.2) is 45.2 Å². The maximum Gasteiger partial charge on any atom is 0.336 e. The Morgan fingerprint density at radius 1 is 0.895 bits per heavy atom. The van der Waals surface area contributed by atoms with Crippen LogP contribution in [0.15, 0.2) is 71.1 Å². The van der Waals surface area contributed by atoms with E-state index in [0.29, 0.717) is 46.0 Å². The van der Waals surface area contributed by atoms with Crippen LogP contribution in [0.5, 0.6) is 11.5 Å². The van der Waals surface area contributed by atoms with Gasteiger partial charge in [0.15, 0.2) is 5.78 Å². The normalized spacial score (nSPS) is 20.9. The Balaban J connectivity index is 1.95. The van der Waals surface area contributed by atoms with E-state index in [1.807, 2.05) is 42.5 Å². The van der Waals surface area contributed by atoms with Gasteiger partial charge < -0.3 is 24.3 Å². The molecule has 0 radical (unpaired) electrons. The summed E-state index contributed by atoms with van der Waals surface area (Å²) in [6, 6.07) is 14.6. The van der Waals surface area contributed by atoms with Crippen molar-refractivity contribution in [2.24, 2.45) is 5.92 Å². The van der Waals surface area contributed by atoms with Gasteiger partial charge in [0.1, 0.15) is 17.4 Å². The molecule has 8 nitrogen and oxygen atoms in total. The first kappa shape index (κ1) is 27.0. The van der Waals surface area contributed by atoms with Gasteiger partial charge in [-0.25, -0.2) is 4.79 Å². The average molecular weight is 520 g/mol. The van der Waals surface area contributed by atoms with E-state index in [2.05, 4.69) is 5.32 Å². The summed E-state index contributed by atoms with van der Waals surface area (Å²) in [7, 11) is 3.10. The minimum absolute atomic E-state index is 0.133. The predicted octanol–water partition coefficient (Wildman–Crippen LogP) is 4.42. The zero-order chi connectivity index (χ0) is 27.4. The number of Topliss-reactive ketones (excluding diaryl/α,β-unsaturated/α-hetero) is 1. The Kier molecular flexibility index (Phi) is 8.20. The fourth-order valence-electron chi connectivity index (χ4n) is 5.50. The molecule has 8 heteroatoms. The number of ether oxygens (including phenoxy) is 4. The van der Waals surface area contributed by atoms with Gasteiger partial charge in [-0.15, -0.1) is 0 Å². The van der Waals surface area contributed by atoms with Gasteiger partial charge in [0.25, 0.3) is 0 Å². The number of ketones is 1. The molecule has 3 atom stereocenters. The molecular weight excluding hydrogens is 486 g/mol. The highest BCUT2D eigenvalue weighted by atomic mass is 16.5. The van der Waals surface area contributed by atoms with Crippen molar-refractivity contribution >= 4 is 17.7 Å². The molecular formula is C30H33NO7. The third-order valence-electron chi connectivity index (χ3n) is 7.04. The lowest BCUT2D eigenvalue weighted by Gasteiger charge is -2.39. The zero-order valence-electron chi connectivity index (χ0n) is 22.3. The number of carbonyl (C=O) groups is 3. The van der Waals surface area contributed by atoms with Crippen LogP contribution < -0.4 is 14.8 Å². The molecule has 0 fully saturated rings. The fraction of sp³-hybridized carbons (Fsp3) is 0.367. The van der Waals surface area contributed by atoms with Crippen LogP contribution in [0.3, 0.4) is 0 Å². The maximum absolute atomic E-state index is 14.4. The van der Waals surface area contributed by atoms with Crippen molar-refractivity contribution in [3.05, 3.63) is 82.2 Å². The van der Waals surface area contributed by atoms with Crippen LogP contribution in [0.1, 0.15) is 50.2 Å². The standard InChI is InChI=1S/C30H33NO7/c1-6-37-29(33)24-17(3)31-21-16-20(18-12-8-10-14-22(18)35-4)26(30(34)38-7-2)28(32)27(21)25(24)19-13-9-11-15-23(19)36-5/h8-15,20,25-26,31H,6-7,16H2,1-5H3/t20-,25+,26+/m0/s1. The van der Waals surface area contributed by atoms with Crippen molar-refractivity contribution in [1.29, 1.82) is 0 Å². The SMILES string of the molecule is CCOC(=O)C1=C(C)NC2=C(C(=O)[C@H](C(=O)OCC)[C@H](c3ccccc3OC)C2)[C@@H]1c1ccccc1OC. The Morgan fingerprint density at radius 2 is 1.47 bits per heavy atom. The van der Waals surface area contributed by atoms with E-state index < -0.39 is 35.5 Å². The minimum Gasteiger partial charge on any atom is -0.496 e. The van der Waals surface area contributed by atoms with Crippen molar-refractivity contribution < 1.29 is 33.3 Å². The largest absolute Gasteiger partial charge is 0.496 e. The molecule has 2 aromatic rings. The molecule has 1 aliphatic carbocycles. The molecule has 0 saturated carbocycles. The minimum atomic E-state index is -1.12. The van der Waals surface area contributed by atoms with Gasteiger partial charge in [-0.3, -0.25) is 9.59 Å². The maximum atomic E-state index is 14.4. The highest BCUT2D eigenvalue weighted by Gasteiger charge is 2.50. The molecule has 38 heavy (non-hydrogen) atoms. The van der Waals surface area contributed by atoms with E-state index in [0.717, 1.165) is 5.56 Å². The highest BCUT2D eigenvalue weighted by Crippen LogP contribution is 2.50. The van der Waals surface area contributed by atoms with Gasteiger partial charge in [0.05, 0.1) is 38.9 Å². The molecule has 200 valence electrons. The number of methoxy groups -OCH3 is 2. The van der Waals surface area contributed by atoms with Crippen LogP contribution in [0.4, 0.5) is 0 Å². The summed E-state index contributed by atoms with van der Waals surface area (Å²) in [5, 5.41) is 3.31. The van der Waals surface area contributed by atoms with Crippen molar-refractivity contribution in [2.75, 3.05) is 27.4 Å². The lowest BCUT2D eigenvalue weighted by Crippen LogP contribution is -2.43. The first-order valence-electron chi connectivity index (χ1n) is 12.7. The smallest absolute Gasteiger partial charge is 0.336 e. The second-order valence-corrected chi connectivity index (χ2v) is 9.10. The van der Waals surface area contributed by atoms with Gasteiger partial charge in [-0.05, 0) is 44.9 Å². The van der Waals surface area contributed by atoms with E-state index in [1.165, 1.54) is 7.11 Å². The molecule has 0 saturated heterocycles. The number of para-hydroxylation sites is 2. The van der Waals surface area contributed by atoms with Crippen molar-refractivity contribution in [2.45, 2.75) is 39.0 Å². The molecule has 2 aliphatic rings.